The SMILES string of the molecule is CNC(=O)CCCC(=O)NCCOCCOCCOCCC(=O)N[C@H](CC(=O)O)C(=O)N1CCC[C@@H]1C(=O)N[C@@H](C(=O)N[C@H](CCN(C(=O)CO)[C@H](c1cc(-c2cc(F)ccc2F)cn1Cc1ccccc1)C(C)(C)C)C(=O)NC)C(C)C. The number of likely N-dealkylation sites (tertiary alicyclic amines) is 1. The van der Waals surface area contributed by atoms with Crippen molar-refractivity contribution < 1.29 is 76.4 Å². The van der Waals surface area contributed by atoms with E-state index < -0.39 is 108 Å². The lowest BCUT2D eigenvalue weighted by atomic mass is 9.82. The molecule has 83 heavy (non-hydrogen) atoms. The number of aromatic nitrogens is 1. The van der Waals surface area contributed by atoms with Gasteiger partial charge in [0.15, 0.2) is 0 Å². The first-order valence-corrected chi connectivity index (χ1v) is 27.9. The van der Waals surface area contributed by atoms with E-state index in [0.717, 1.165) is 23.8 Å². The molecule has 8 N–H and O–H groups in total. The summed E-state index contributed by atoms with van der Waals surface area (Å²) in [5.41, 5.74) is 0.896. The minimum absolute atomic E-state index is 0.0108. The average Bonchev–Trinajstić information content (AvgIpc) is 4.34. The number of carbonyl (C=O) groups excluding carboxylic acids is 8. The van der Waals surface area contributed by atoms with E-state index in [9.17, 15) is 57.8 Å². The van der Waals surface area contributed by atoms with Crippen LogP contribution >= 0.6 is 0 Å². The van der Waals surface area contributed by atoms with Gasteiger partial charge in [-0.15, -0.1) is 0 Å². The van der Waals surface area contributed by atoms with Gasteiger partial charge >= 0.3 is 5.97 Å². The lowest BCUT2D eigenvalue weighted by Gasteiger charge is -2.41. The van der Waals surface area contributed by atoms with E-state index in [0.29, 0.717) is 30.6 Å². The minimum Gasteiger partial charge on any atom is -0.481 e. The van der Waals surface area contributed by atoms with Crippen LogP contribution in [0.4, 0.5) is 8.78 Å². The van der Waals surface area contributed by atoms with Crippen LogP contribution in [0.2, 0.25) is 0 Å². The topological polar surface area (TPSA) is 305 Å². The van der Waals surface area contributed by atoms with Gasteiger partial charge in [-0.2, -0.15) is 0 Å². The highest BCUT2D eigenvalue weighted by atomic mass is 19.1. The Labute approximate surface area is 483 Å². The van der Waals surface area contributed by atoms with Crippen molar-refractivity contribution in [3.05, 3.63) is 83.7 Å². The molecule has 1 fully saturated rings. The van der Waals surface area contributed by atoms with E-state index >= 15 is 4.39 Å². The molecule has 1 aliphatic heterocycles. The summed E-state index contributed by atoms with van der Waals surface area (Å²) in [6, 6.07) is 7.98. The molecule has 3 aromatic rings. The van der Waals surface area contributed by atoms with E-state index in [1.165, 1.54) is 23.9 Å². The molecular weight excluding hydrogens is 1080 g/mol. The number of halogens is 2. The van der Waals surface area contributed by atoms with Crippen molar-refractivity contribution in [1.29, 1.82) is 0 Å². The van der Waals surface area contributed by atoms with E-state index in [4.69, 9.17) is 14.2 Å². The molecule has 458 valence electrons. The monoisotopic (exact) mass is 1170 g/mol. The van der Waals surface area contributed by atoms with Crippen molar-refractivity contribution in [2.75, 3.05) is 80.0 Å². The lowest BCUT2D eigenvalue weighted by Crippen LogP contribution is -2.59. The van der Waals surface area contributed by atoms with Crippen molar-refractivity contribution in [2.24, 2.45) is 11.3 Å². The quantitative estimate of drug-likeness (QED) is 0.0393. The van der Waals surface area contributed by atoms with Gasteiger partial charge in [-0.3, -0.25) is 43.2 Å². The molecule has 0 radical (unpaired) electrons. The Bertz CT molecular complexity index is 2650. The summed E-state index contributed by atoms with van der Waals surface area (Å²) >= 11 is 0. The zero-order valence-corrected chi connectivity index (χ0v) is 48.6. The first-order chi connectivity index (χ1) is 39.5. The van der Waals surface area contributed by atoms with Crippen LogP contribution in [0.25, 0.3) is 11.1 Å². The van der Waals surface area contributed by atoms with Gasteiger partial charge in [0, 0.05) is 82.6 Å². The number of nitrogens with one attached hydrogen (secondary N) is 6. The summed E-state index contributed by atoms with van der Waals surface area (Å²) in [6.07, 6.45) is 1.89. The summed E-state index contributed by atoms with van der Waals surface area (Å²) < 4.78 is 48.1. The summed E-state index contributed by atoms with van der Waals surface area (Å²) in [5, 5.41) is 35.8. The van der Waals surface area contributed by atoms with Crippen molar-refractivity contribution in [3.63, 3.8) is 0 Å². The molecule has 5 atom stereocenters. The van der Waals surface area contributed by atoms with Gasteiger partial charge < -0.3 is 70.7 Å². The predicted molar refractivity (Wildman–Crippen MR) is 301 cm³/mol. The zero-order valence-electron chi connectivity index (χ0n) is 48.6. The number of carbonyl (C=O) groups is 9. The summed E-state index contributed by atoms with van der Waals surface area (Å²) in [6.45, 7) is 9.33. The van der Waals surface area contributed by atoms with E-state index in [-0.39, 0.29) is 109 Å². The maximum absolute atomic E-state index is 15.3. The molecule has 0 bridgehead atoms. The van der Waals surface area contributed by atoms with Crippen LogP contribution in [0.15, 0.2) is 60.8 Å². The third-order valence-corrected chi connectivity index (χ3v) is 13.7. The molecule has 0 saturated carbocycles. The van der Waals surface area contributed by atoms with Gasteiger partial charge in [0.2, 0.25) is 47.3 Å². The highest BCUT2D eigenvalue weighted by Crippen LogP contribution is 2.41. The molecule has 0 unspecified atom stereocenters. The number of carboxylic acids is 1. The number of hydrogen-bond acceptors (Lipinski definition) is 13. The molecule has 2 heterocycles. The fourth-order valence-electron chi connectivity index (χ4n) is 9.59. The number of benzene rings is 2. The predicted octanol–water partition coefficient (Wildman–Crippen LogP) is 2.57. The third-order valence-electron chi connectivity index (χ3n) is 13.7. The standard InChI is InChI=1S/C58H83F2N9O14/c1-37(2)52(66-55(78)45-15-12-23-68(45)57(80)44(33-51(75)76)64-49(73)21-25-81-27-29-83-30-28-82-26-22-63-48(72)17-11-16-47(71)61-6)56(79)65-43(54(77)62-7)20-24-69(50(74)36-70)53(58(3,4)5)46-31-39(41-32-40(59)18-19-42(41)60)35-67(46)34-38-13-9-8-10-14-38/h8-10,13-14,18-19,31-32,35,37,43-45,52-53,70H,11-12,15-17,20-30,33-34,36H2,1-7H3,(H,61,71)(H,62,77)(H,63,72)(H,64,73)(H,65,79)(H,66,78)(H,75,76)/t43-,44-,45-,52-,53-/m1/s1. The van der Waals surface area contributed by atoms with Gasteiger partial charge in [0.05, 0.1) is 52.1 Å². The molecule has 0 spiro atoms. The molecule has 4 rings (SSSR count). The molecule has 23 nitrogen and oxygen atoms in total. The van der Waals surface area contributed by atoms with Crippen LogP contribution < -0.4 is 31.9 Å². The van der Waals surface area contributed by atoms with Crippen LogP contribution in [-0.4, -0.2) is 182 Å². The largest absolute Gasteiger partial charge is 0.481 e. The molecule has 1 saturated heterocycles. The van der Waals surface area contributed by atoms with Crippen molar-refractivity contribution in [1.82, 2.24) is 46.3 Å². The zero-order chi connectivity index (χ0) is 61.2. The van der Waals surface area contributed by atoms with Crippen molar-refractivity contribution in [2.45, 2.75) is 123 Å². The fourth-order valence-corrected chi connectivity index (χ4v) is 9.59. The van der Waals surface area contributed by atoms with E-state index in [1.54, 1.807) is 26.1 Å². The second kappa shape index (κ2) is 34.3. The number of aliphatic hydroxyl groups is 1. The van der Waals surface area contributed by atoms with Gasteiger partial charge in [0.25, 0.3) is 0 Å². The van der Waals surface area contributed by atoms with Crippen molar-refractivity contribution in [3.8, 4) is 11.1 Å². The Kier molecular flexibility index (Phi) is 28.2. The van der Waals surface area contributed by atoms with Crippen LogP contribution in [0.1, 0.15) is 103 Å². The van der Waals surface area contributed by atoms with Gasteiger partial charge in [-0.25, -0.2) is 8.78 Å². The number of ether oxygens (including phenoxy) is 3. The Morgan fingerprint density at radius 1 is 0.771 bits per heavy atom. The average molecular weight is 1170 g/mol. The number of aliphatic carboxylic acids is 1. The molecule has 8 amide bonds. The Hall–Kier alpha value is -7.35. The Morgan fingerprint density at radius 2 is 1.43 bits per heavy atom. The number of nitrogens with zero attached hydrogens (tertiary/aromatic N) is 3. The number of carboxylic acid groups (broad SMARTS) is 1. The minimum atomic E-state index is -1.54. The number of likely N-dealkylation sites (N-methyl/N-ethyl adjacent to an activating group) is 1. The van der Waals surface area contributed by atoms with Crippen molar-refractivity contribution >= 4 is 53.2 Å². The summed E-state index contributed by atoms with van der Waals surface area (Å²) in [7, 11) is 2.89. The normalized spacial score (nSPS) is 14.7. The van der Waals surface area contributed by atoms with Gasteiger partial charge in [-0.05, 0) is 66.8 Å². The van der Waals surface area contributed by atoms with Gasteiger partial charge in [0.1, 0.15) is 42.4 Å². The van der Waals surface area contributed by atoms with Crippen LogP contribution in [0.5, 0.6) is 0 Å². The smallest absolute Gasteiger partial charge is 0.305 e. The first-order valence-electron chi connectivity index (χ1n) is 27.9. The Balaban J connectivity index is 1.37. The van der Waals surface area contributed by atoms with Crippen LogP contribution in [0, 0.1) is 23.0 Å². The second-order valence-corrected chi connectivity index (χ2v) is 21.5. The first kappa shape index (κ1) is 68.2. The number of amides is 8. The molecule has 2 aromatic carbocycles. The Morgan fingerprint density at radius 3 is 2.06 bits per heavy atom. The van der Waals surface area contributed by atoms with Gasteiger partial charge in [-0.1, -0.05) is 65.0 Å². The maximum Gasteiger partial charge on any atom is 0.305 e. The van der Waals surface area contributed by atoms with E-state index in [1.807, 2.05) is 55.7 Å². The van der Waals surface area contributed by atoms with Crippen LogP contribution in [0.3, 0.4) is 0 Å². The van der Waals surface area contributed by atoms with Crippen LogP contribution in [-0.2, 0) is 63.9 Å². The lowest BCUT2D eigenvalue weighted by molar-refractivity contribution is -0.146. The summed E-state index contributed by atoms with van der Waals surface area (Å²) in [5.74, 6) is -7.97. The molecule has 1 aliphatic rings. The second-order valence-electron chi connectivity index (χ2n) is 21.5. The molecular formula is C58H83F2N9O14. The van der Waals surface area contributed by atoms with E-state index in [2.05, 4.69) is 31.9 Å². The number of hydrogen-bond donors (Lipinski definition) is 8. The molecule has 1 aromatic heterocycles. The third kappa shape index (κ3) is 22.1. The fraction of sp³-hybridized carbons (Fsp3) is 0.569. The maximum atomic E-state index is 15.3. The highest BCUT2D eigenvalue weighted by Gasteiger charge is 2.41. The molecule has 25 heteroatoms. The molecule has 0 aliphatic carbocycles. The summed E-state index contributed by atoms with van der Waals surface area (Å²) in [4.78, 5) is 120. The number of rotatable bonds is 35. The highest BCUT2D eigenvalue weighted by molar-refractivity contribution is 5.97. The number of aliphatic hydroxyl groups excluding tert-OH is 1.